The molecule has 1 N–H and O–H groups in total. The highest BCUT2D eigenvalue weighted by atomic mass is 32.1. The van der Waals surface area contributed by atoms with Crippen LogP contribution in [0.2, 0.25) is 0 Å². The molecule has 1 fully saturated rings. The molecular weight excluding hydrogens is 354 g/mol. The zero-order valence-corrected chi connectivity index (χ0v) is 15.1. The van der Waals surface area contributed by atoms with Crippen molar-refractivity contribution in [1.82, 2.24) is 4.98 Å². The third kappa shape index (κ3) is 4.45. The number of ether oxygens (including phenoxy) is 1. The van der Waals surface area contributed by atoms with Gasteiger partial charge >= 0.3 is 5.97 Å². The molecule has 2 amide bonds. The van der Waals surface area contributed by atoms with E-state index in [4.69, 9.17) is 4.74 Å². The Morgan fingerprint density at radius 3 is 2.81 bits per heavy atom. The van der Waals surface area contributed by atoms with Crippen LogP contribution in [0.5, 0.6) is 0 Å². The molecule has 1 saturated heterocycles. The van der Waals surface area contributed by atoms with Crippen LogP contribution in [0.1, 0.15) is 25.5 Å². The Hall–Kier alpha value is -2.74. The lowest BCUT2D eigenvalue weighted by molar-refractivity contribution is -0.152. The molecule has 0 aliphatic carbocycles. The minimum atomic E-state index is -0.916. The molecule has 2 heterocycles. The molecule has 0 bridgehead atoms. The average molecular weight is 373 g/mol. The Morgan fingerprint density at radius 2 is 2.12 bits per heavy atom. The van der Waals surface area contributed by atoms with Crippen molar-refractivity contribution in [1.29, 1.82) is 0 Å². The molecule has 136 valence electrons. The van der Waals surface area contributed by atoms with Crippen molar-refractivity contribution in [3.8, 4) is 0 Å². The second-order valence-electron chi connectivity index (χ2n) is 5.93. The summed E-state index contributed by atoms with van der Waals surface area (Å²) in [7, 11) is 0. The van der Waals surface area contributed by atoms with Gasteiger partial charge in [-0.1, -0.05) is 18.2 Å². The van der Waals surface area contributed by atoms with Crippen LogP contribution in [0.4, 0.5) is 10.8 Å². The first-order valence-corrected chi connectivity index (χ1v) is 9.21. The van der Waals surface area contributed by atoms with Crippen LogP contribution < -0.4 is 10.2 Å². The van der Waals surface area contributed by atoms with Gasteiger partial charge in [0.05, 0.1) is 12.1 Å². The molecule has 3 rings (SSSR count). The van der Waals surface area contributed by atoms with E-state index in [9.17, 15) is 14.4 Å². The topological polar surface area (TPSA) is 88.6 Å². The fraction of sp³-hybridized carbons (Fsp3) is 0.333. The molecule has 7 nitrogen and oxygen atoms in total. The van der Waals surface area contributed by atoms with Crippen LogP contribution in [0, 0.1) is 0 Å². The summed E-state index contributed by atoms with van der Waals surface area (Å²) in [6, 6.07) is 8.96. The van der Waals surface area contributed by atoms with Crippen molar-refractivity contribution in [2.75, 3.05) is 16.8 Å². The maximum atomic E-state index is 12.1. The highest BCUT2D eigenvalue weighted by Gasteiger charge is 2.25. The number of benzene rings is 1. The van der Waals surface area contributed by atoms with E-state index >= 15 is 0 Å². The smallest absolute Gasteiger partial charge is 0.312 e. The standard InChI is InChI=1S/C18H19N3O4S/c1-12(17(24)19-13-6-3-2-4-7-13)25-16(23)10-14-11-26-18(20-14)21-9-5-8-15(21)22/h2-4,6-7,11-12H,5,8-10H2,1H3,(H,19,24)/t12-/m0/s1. The summed E-state index contributed by atoms with van der Waals surface area (Å²) in [6.45, 7) is 2.18. The molecule has 1 aromatic heterocycles. The van der Waals surface area contributed by atoms with Crippen molar-refractivity contribution >= 4 is 39.9 Å². The Labute approximate surface area is 155 Å². The van der Waals surface area contributed by atoms with E-state index in [0.717, 1.165) is 6.42 Å². The van der Waals surface area contributed by atoms with Crippen molar-refractivity contribution in [2.24, 2.45) is 0 Å². The van der Waals surface area contributed by atoms with Gasteiger partial charge < -0.3 is 10.1 Å². The summed E-state index contributed by atoms with van der Waals surface area (Å²) in [5, 5.41) is 5.02. The van der Waals surface area contributed by atoms with E-state index in [0.29, 0.717) is 29.5 Å². The molecule has 0 radical (unpaired) electrons. The van der Waals surface area contributed by atoms with Gasteiger partial charge in [-0.2, -0.15) is 0 Å². The number of thiazole rings is 1. The van der Waals surface area contributed by atoms with Crippen LogP contribution in [-0.2, 0) is 25.5 Å². The van der Waals surface area contributed by atoms with E-state index in [2.05, 4.69) is 10.3 Å². The number of rotatable bonds is 6. The first kappa shape index (κ1) is 18.1. The van der Waals surface area contributed by atoms with Gasteiger partial charge in [0, 0.05) is 24.0 Å². The molecule has 8 heteroatoms. The predicted molar refractivity (Wildman–Crippen MR) is 98.0 cm³/mol. The number of carbonyl (C=O) groups is 3. The van der Waals surface area contributed by atoms with Gasteiger partial charge in [-0.15, -0.1) is 11.3 Å². The highest BCUT2D eigenvalue weighted by molar-refractivity contribution is 7.14. The molecule has 2 aromatic rings. The first-order valence-electron chi connectivity index (χ1n) is 8.33. The number of amides is 2. The normalized spacial score (nSPS) is 15.0. The highest BCUT2D eigenvalue weighted by Crippen LogP contribution is 2.25. The summed E-state index contributed by atoms with van der Waals surface area (Å²) in [6.07, 6.45) is 0.400. The van der Waals surface area contributed by atoms with E-state index in [-0.39, 0.29) is 12.3 Å². The minimum absolute atomic E-state index is 0.0402. The van der Waals surface area contributed by atoms with Gasteiger partial charge in [-0.3, -0.25) is 19.3 Å². The van der Waals surface area contributed by atoms with Crippen molar-refractivity contribution in [3.63, 3.8) is 0 Å². The lowest BCUT2D eigenvalue weighted by Gasteiger charge is -2.13. The van der Waals surface area contributed by atoms with Crippen LogP contribution >= 0.6 is 11.3 Å². The van der Waals surface area contributed by atoms with Gasteiger partial charge in [-0.05, 0) is 25.5 Å². The third-order valence-electron chi connectivity index (χ3n) is 3.89. The van der Waals surface area contributed by atoms with Gasteiger partial charge in [0.2, 0.25) is 5.91 Å². The Morgan fingerprint density at radius 1 is 1.35 bits per heavy atom. The largest absolute Gasteiger partial charge is 0.452 e. The van der Waals surface area contributed by atoms with E-state index in [1.165, 1.54) is 18.3 Å². The van der Waals surface area contributed by atoms with E-state index in [1.807, 2.05) is 6.07 Å². The predicted octanol–water partition coefficient (Wildman–Crippen LogP) is 2.38. The second kappa shape index (κ2) is 8.09. The lowest BCUT2D eigenvalue weighted by Crippen LogP contribution is -2.30. The molecule has 0 saturated carbocycles. The SMILES string of the molecule is C[C@H](OC(=O)Cc1csc(N2CCCC2=O)n1)C(=O)Nc1ccccc1. The number of nitrogens with zero attached hydrogens (tertiary/aromatic N) is 2. The van der Waals surface area contributed by atoms with Gasteiger partial charge in [-0.25, -0.2) is 4.98 Å². The van der Waals surface area contributed by atoms with Gasteiger partial charge in [0.15, 0.2) is 11.2 Å². The van der Waals surface area contributed by atoms with E-state index in [1.54, 1.807) is 34.5 Å². The molecule has 1 aromatic carbocycles. The monoisotopic (exact) mass is 373 g/mol. The maximum Gasteiger partial charge on any atom is 0.312 e. The number of aromatic nitrogens is 1. The van der Waals surface area contributed by atoms with Crippen molar-refractivity contribution < 1.29 is 19.1 Å². The summed E-state index contributed by atoms with van der Waals surface area (Å²) < 4.78 is 5.18. The van der Waals surface area contributed by atoms with Crippen LogP contribution in [-0.4, -0.2) is 35.4 Å². The fourth-order valence-electron chi connectivity index (χ4n) is 2.56. The number of hydrogen-bond acceptors (Lipinski definition) is 6. The summed E-state index contributed by atoms with van der Waals surface area (Å²) in [4.78, 5) is 41.8. The quantitative estimate of drug-likeness (QED) is 0.786. The van der Waals surface area contributed by atoms with Crippen LogP contribution in [0.15, 0.2) is 35.7 Å². The second-order valence-corrected chi connectivity index (χ2v) is 6.77. The zero-order valence-electron chi connectivity index (χ0n) is 14.3. The molecule has 26 heavy (non-hydrogen) atoms. The number of anilines is 2. The number of nitrogens with one attached hydrogen (secondary N) is 1. The van der Waals surface area contributed by atoms with Crippen LogP contribution in [0.25, 0.3) is 0 Å². The number of hydrogen-bond donors (Lipinski definition) is 1. The number of esters is 1. The van der Waals surface area contributed by atoms with Gasteiger partial charge in [0.25, 0.3) is 5.91 Å². The van der Waals surface area contributed by atoms with Crippen LogP contribution in [0.3, 0.4) is 0 Å². The molecule has 0 unspecified atom stereocenters. The molecule has 0 spiro atoms. The Balaban J connectivity index is 1.51. The zero-order chi connectivity index (χ0) is 18.5. The van der Waals surface area contributed by atoms with Crippen molar-refractivity contribution in [3.05, 3.63) is 41.4 Å². The molecule has 1 aliphatic rings. The molecule has 1 aliphatic heterocycles. The summed E-state index contributed by atoms with van der Waals surface area (Å²) in [5.41, 5.74) is 1.17. The Bertz CT molecular complexity index is 806. The van der Waals surface area contributed by atoms with Gasteiger partial charge in [0.1, 0.15) is 0 Å². The number of carbonyl (C=O) groups excluding carboxylic acids is 3. The minimum Gasteiger partial charge on any atom is -0.452 e. The summed E-state index contributed by atoms with van der Waals surface area (Å²) in [5.74, 6) is -0.879. The Kier molecular flexibility index (Phi) is 5.62. The molecular formula is C18H19N3O4S. The molecule has 1 atom stereocenters. The summed E-state index contributed by atoms with van der Waals surface area (Å²) >= 11 is 1.33. The van der Waals surface area contributed by atoms with Crippen molar-refractivity contribution in [2.45, 2.75) is 32.3 Å². The first-order chi connectivity index (χ1) is 12.5. The lowest BCUT2D eigenvalue weighted by atomic mass is 10.3. The van der Waals surface area contributed by atoms with E-state index < -0.39 is 18.0 Å². The number of para-hydroxylation sites is 1. The third-order valence-corrected chi connectivity index (χ3v) is 4.80. The average Bonchev–Trinajstić information content (AvgIpc) is 3.24. The maximum absolute atomic E-state index is 12.1. The fourth-order valence-corrected chi connectivity index (χ4v) is 3.43.